The van der Waals surface area contributed by atoms with E-state index >= 15 is 0 Å². The number of carbonyl (C=O) groups is 1. The summed E-state index contributed by atoms with van der Waals surface area (Å²) in [5.74, 6) is 0.0136. The molecule has 2 unspecified atom stereocenters. The quantitative estimate of drug-likeness (QED) is 0.655. The Bertz CT molecular complexity index is 831. The van der Waals surface area contributed by atoms with Gasteiger partial charge in [-0.25, -0.2) is 0 Å². The molecule has 1 amide bonds. The fourth-order valence-electron chi connectivity index (χ4n) is 3.29. The molecule has 0 radical (unpaired) electrons. The molecule has 2 atom stereocenters. The minimum absolute atomic E-state index is 0.0136. The van der Waals surface area contributed by atoms with E-state index in [0.717, 1.165) is 17.8 Å². The fraction of sp³-hybridized carbons (Fsp3) is 0.417. The number of likely N-dealkylation sites (N-methyl/N-ethyl adjacent to an activating group) is 3. The maximum atomic E-state index is 13.1. The summed E-state index contributed by atoms with van der Waals surface area (Å²) in [5.41, 5.74) is 2.57. The van der Waals surface area contributed by atoms with Crippen molar-refractivity contribution in [3.63, 3.8) is 0 Å². The summed E-state index contributed by atoms with van der Waals surface area (Å²) >= 11 is 0. The number of aliphatic hydroxyl groups excluding tert-OH is 1. The molecule has 0 aliphatic heterocycles. The highest BCUT2D eigenvalue weighted by molar-refractivity contribution is 5.81. The zero-order chi connectivity index (χ0) is 22.1. The van der Waals surface area contributed by atoms with E-state index in [-0.39, 0.29) is 24.6 Å². The molecular weight excluding hydrogens is 376 g/mol. The van der Waals surface area contributed by atoms with E-state index in [4.69, 9.17) is 5.26 Å². The monoisotopic (exact) mass is 408 g/mol. The van der Waals surface area contributed by atoms with E-state index in [1.807, 2.05) is 68.5 Å². The van der Waals surface area contributed by atoms with E-state index in [1.165, 1.54) is 0 Å². The van der Waals surface area contributed by atoms with Gasteiger partial charge in [-0.2, -0.15) is 5.26 Å². The van der Waals surface area contributed by atoms with Gasteiger partial charge in [0.2, 0.25) is 5.91 Å². The van der Waals surface area contributed by atoms with E-state index < -0.39 is 0 Å². The average Bonchev–Trinajstić information content (AvgIpc) is 2.76. The van der Waals surface area contributed by atoms with Crippen molar-refractivity contribution < 1.29 is 9.90 Å². The molecule has 6 heteroatoms. The van der Waals surface area contributed by atoms with Crippen LogP contribution in [-0.2, 0) is 4.79 Å². The lowest BCUT2D eigenvalue weighted by Gasteiger charge is -2.33. The second-order valence-corrected chi connectivity index (χ2v) is 7.85. The van der Waals surface area contributed by atoms with E-state index in [2.05, 4.69) is 11.0 Å². The van der Waals surface area contributed by atoms with E-state index in [9.17, 15) is 9.90 Å². The van der Waals surface area contributed by atoms with Crippen LogP contribution in [0.5, 0.6) is 0 Å². The third-order valence-electron chi connectivity index (χ3n) is 5.27. The molecule has 1 N–H and O–H groups in total. The van der Waals surface area contributed by atoms with Gasteiger partial charge >= 0.3 is 0 Å². The molecule has 0 heterocycles. The SMILES string of the molecule is CC(O)CCN(C)CC(c1ccccc1)N(C)C(=O)CN(C)c1ccc(C#N)cc1. The maximum Gasteiger partial charge on any atom is 0.242 e. The largest absolute Gasteiger partial charge is 0.393 e. The summed E-state index contributed by atoms with van der Waals surface area (Å²) in [6.07, 6.45) is 0.347. The predicted molar refractivity (Wildman–Crippen MR) is 120 cm³/mol. The van der Waals surface area contributed by atoms with Gasteiger partial charge in [-0.05, 0) is 50.2 Å². The van der Waals surface area contributed by atoms with Crippen molar-refractivity contribution in [3.8, 4) is 6.07 Å². The number of benzene rings is 2. The van der Waals surface area contributed by atoms with Gasteiger partial charge in [0.25, 0.3) is 0 Å². The molecular formula is C24H32N4O2. The number of hydrogen-bond acceptors (Lipinski definition) is 5. The Morgan fingerprint density at radius 1 is 1.07 bits per heavy atom. The van der Waals surface area contributed by atoms with Crippen LogP contribution in [-0.4, -0.2) is 67.7 Å². The van der Waals surface area contributed by atoms with Crippen molar-refractivity contribution in [3.05, 3.63) is 65.7 Å². The highest BCUT2D eigenvalue weighted by atomic mass is 16.3. The molecule has 0 saturated heterocycles. The molecule has 0 bridgehead atoms. The smallest absolute Gasteiger partial charge is 0.242 e. The first-order valence-corrected chi connectivity index (χ1v) is 10.2. The third kappa shape index (κ3) is 6.87. The summed E-state index contributed by atoms with van der Waals surface area (Å²) in [6, 6.07) is 19.3. The van der Waals surface area contributed by atoms with Gasteiger partial charge in [0.05, 0.1) is 30.3 Å². The normalized spacial score (nSPS) is 12.8. The zero-order valence-electron chi connectivity index (χ0n) is 18.3. The fourth-order valence-corrected chi connectivity index (χ4v) is 3.29. The van der Waals surface area contributed by atoms with Gasteiger partial charge in [-0.15, -0.1) is 0 Å². The summed E-state index contributed by atoms with van der Waals surface area (Å²) in [7, 11) is 5.73. The van der Waals surface area contributed by atoms with Crippen molar-refractivity contribution in [1.29, 1.82) is 5.26 Å². The van der Waals surface area contributed by atoms with Crippen LogP contribution < -0.4 is 4.90 Å². The second-order valence-electron chi connectivity index (χ2n) is 7.85. The van der Waals surface area contributed by atoms with E-state index in [0.29, 0.717) is 18.5 Å². The van der Waals surface area contributed by atoms with Crippen LogP contribution in [0, 0.1) is 11.3 Å². The first-order chi connectivity index (χ1) is 14.3. The van der Waals surface area contributed by atoms with Crippen molar-refractivity contribution in [2.75, 3.05) is 45.7 Å². The lowest BCUT2D eigenvalue weighted by atomic mass is 10.0. The molecule has 0 fully saturated rings. The molecule has 0 aliphatic rings. The Kier molecular flexibility index (Phi) is 8.85. The molecule has 2 aromatic rings. The molecule has 0 spiro atoms. The average molecular weight is 409 g/mol. The number of nitriles is 1. The van der Waals surface area contributed by atoms with Crippen LogP contribution in [0.25, 0.3) is 0 Å². The van der Waals surface area contributed by atoms with Crippen molar-refractivity contribution >= 4 is 11.6 Å². The lowest BCUT2D eigenvalue weighted by Crippen LogP contribution is -2.42. The summed E-state index contributed by atoms with van der Waals surface area (Å²) in [5, 5.41) is 18.5. The van der Waals surface area contributed by atoms with Crippen LogP contribution in [0.15, 0.2) is 54.6 Å². The number of carbonyl (C=O) groups excluding carboxylic acids is 1. The second kappa shape index (κ2) is 11.3. The van der Waals surface area contributed by atoms with Crippen LogP contribution >= 0.6 is 0 Å². The molecule has 0 saturated carbocycles. The first-order valence-electron chi connectivity index (χ1n) is 10.2. The zero-order valence-corrected chi connectivity index (χ0v) is 18.3. The highest BCUT2D eigenvalue weighted by Crippen LogP contribution is 2.22. The number of nitrogens with zero attached hydrogens (tertiary/aromatic N) is 4. The molecule has 160 valence electrons. The number of amides is 1. The van der Waals surface area contributed by atoms with E-state index in [1.54, 1.807) is 24.0 Å². The Morgan fingerprint density at radius 3 is 2.27 bits per heavy atom. The van der Waals surface area contributed by atoms with Gasteiger partial charge in [-0.1, -0.05) is 30.3 Å². The summed E-state index contributed by atoms with van der Waals surface area (Å²) < 4.78 is 0. The Labute approximate surface area is 179 Å². The number of aliphatic hydroxyl groups is 1. The van der Waals surface area contributed by atoms with Crippen molar-refractivity contribution in [2.24, 2.45) is 0 Å². The van der Waals surface area contributed by atoms with Crippen LogP contribution in [0.2, 0.25) is 0 Å². The molecule has 6 nitrogen and oxygen atoms in total. The van der Waals surface area contributed by atoms with Crippen LogP contribution in [0.1, 0.15) is 30.5 Å². The molecule has 0 aromatic heterocycles. The van der Waals surface area contributed by atoms with Crippen molar-refractivity contribution in [2.45, 2.75) is 25.5 Å². The summed E-state index contributed by atoms with van der Waals surface area (Å²) in [4.78, 5) is 18.9. The third-order valence-corrected chi connectivity index (χ3v) is 5.27. The van der Waals surface area contributed by atoms with Gasteiger partial charge in [0.15, 0.2) is 0 Å². The minimum atomic E-state index is -0.344. The van der Waals surface area contributed by atoms with Crippen LogP contribution in [0.3, 0.4) is 0 Å². The number of rotatable bonds is 10. The predicted octanol–water partition coefficient (Wildman–Crippen LogP) is 2.90. The molecule has 0 aliphatic carbocycles. The summed E-state index contributed by atoms with van der Waals surface area (Å²) in [6.45, 7) is 3.47. The Balaban J connectivity index is 2.10. The van der Waals surface area contributed by atoms with Crippen LogP contribution in [0.4, 0.5) is 5.69 Å². The lowest BCUT2D eigenvalue weighted by molar-refractivity contribution is -0.131. The topological polar surface area (TPSA) is 70.8 Å². The first kappa shape index (κ1) is 23.4. The van der Waals surface area contributed by atoms with Gasteiger partial charge in [-0.3, -0.25) is 4.79 Å². The number of anilines is 1. The Hall–Kier alpha value is -2.88. The molecule has 2 rings (SSSR count). The molecule has 30 heavy (non-hydrogen) atoms. The number of hydrogen-bond donors (Lipinski definition) is 1. The Morgan fingerprint density at radius 2 is 1.70 bits per heavy atom. The standard InChI is InChI=1S/C24H32N4O2/c1-19(29)14-15-26(2)17-23(21-8-6-5-7-9-21)28(4)24(30)18-27(3)22-12-10-20(16-25)11-13-22/h5-13,19,23,29H,14-15,17-18H2,1-4H3. The highest BCUT2D eigenvalue weighted by Gasteiger charge is 2.24. The van der Waals surface area contributed by atoms with Gasteiger partial charge in [0, 0.05) is 32.9 Å². The van der Waals surface area contributed by atoms with Gasteiger partial charge < -0.3 is 19.8 Å². The van der Waals surface area contributed by atoms with Gasteiger partial charge in [0.1, 0.15) is 0 Å². The molecule has 2 aromatic carbocycles. The van der Waals surface area contributed by atoms with Crippen molar-refractivity contribution in [1.82, 2.24) is 9.80 Å². The maximum absolute atomic E-state index is 13.1. The minimum Gasteiger partial charge on any atom is -0.393 e.